The maximum absolute atomic E-state index is 13.2. The van der Waals surface area contributed by atoms with E-state index in [1.807, 2.05) is 13.0 Å². The number of halogens is 1. The highest BCUT2D eigenvalue weighted by Gasteiger charge is 2.21. The standard InChI is InChI=1S/C20H24ClN3O2/c1-6-13(7-2)16-10-12(3)24-18(16)20(25)23(4)19(22-24)15-9-8-14(21)11-17(15)26-5/h8-11,13H,6-7H2,1-5H3. The summed E-state index contributed by atoms with van der Waals surface area (Å²) in [7, 11) is 3.33. The largest absolute Gasteiger partial charge is 0.496 e. The summed E-state index contributed by atoms with van der Waals surface area (Å²) in [6, 6.07) is 7.42. The first-order chi connectivity index (χ1) is 12.4. The molecule has 0 bridgehead atoms. The Morgan fingerprint density at radius 1 is 1.23 bits per heavy atom. The second-order valence-corrected chi connectivity index (χ2v) is 6.98. The minimum absolute atomic E-state index is 0.0537. The van der Waals surface area contributed by atoms with Gasteiger partial charge in [0.1, 0.15) is 11.3 Å². The fourth-order valence-corrected chi connectivity index (χ4v) is 3.70. The Balaban J connectivity index is 2.34. The zero-order valence-electron chi connectivity index (χ0n) is 15.8. The molecule has 0 amide bonds. The molecule has 0 radical (unpaired) electrons. The number of fused-ring (bicyclic) bond motifs is 1. The normalized spacial score (nSPS) is 11.5. The molecular formula is C20H24ClN3O2. The number of hydrogen-bond donors (Lipinski definition) is 0. The zero-order valence-corrected chi connectivity index (χ0v) is 16.6. The van der Waals surface area contributed by atoms with Crippen LogP contribution in [0, 0.1) is 6.92 Å². The maximum Gasteiger partial charge on any atom is 0.278 e. The first-order valence-electron chi connectivity index (χ1n) is 8.86. The molecule has 0 unspecified atom stereocenters. The first kappa shape index (κ1) is 18.5. The van der Waals surface area contributed by atoms with Crippen molar-refractivity contribution >= 4 is 17.1 Å². The van der Waals surface area contributed by atoms with Gasteiger partial charge in [0.2, 0.25) is 0 Å². The molecule has 0 N–H and O–H groups in total. The van der Waals surface area contributed by atoms with Crippen molar-refractivity contribution in [1.29, 1.82) is 0 Å². The average Bonchev–Trinajstić information content (AvgIpc) is 2.96. The molecule has 6 heteroatoms. The van der Waals surface area contributed by atoms with E-state index in [-0.39, 0.29) is 5.56 Å². The number of nitrogens with zero attached hydrogens (tertiary/aromatic N) is 3. The van der Waals surface area contributed by atoms with Crippen LogP contribution < -0.4 is 10.3 Å². The smallest absolute Gasteiger partial charge is 0.278 e. The van der Waals surface area contributed by atoms with Crippen LogP contribution >= 0.6 is 11.6 Å². The minimum Gasteiger partial charge on any atom is -0.496 e. The van der Waals surface area contributed by atoms with Gasteiger partial charge in [-0.15, -0.1) is 5.10 Å². The van der Waals surface area contributed by atoms with Gasteiger partial charge < -0.3 is 4.74 Å². The number of aromatic nitrogens is 3. The van der Waals surface area contributed by atoms with Crippen molar-refractivity contribution in [2.75, 3.05) is 7.11 Å². The Morgan fingerprint density at radius 3 is 2.54 bits per heavy atom. The molecule has 3 rings (SSSR count). The highest BCUT2D eigenvalue weighted by Crippen LogP contribution is 2.32. The molecule has 2 aromatic heterocycles. The van der Waals surface area contributed by atoms with E-state index >= 15 is 0 Å². The molecule has 0 atom stereocenters. The van der Waals surface area contributed by atoms with Crippen molar-refractivity contribution in [2.24, 2.45) is 7.05 Å². The second kappa shape index (κ2) is 7.16. The molecule has 0 saturated carbocycles. The van der Waals surface area contributed by atoms with Crippen molar-refractivity contribution in [2.45, 2.75) is 39.5 Å². The molecule has 0 aliphatic heterocycles. The Morgan fingerprint density at radius 2 is 1.92 bits per heavy atom. The van der Waals surface area contributed by atoms with Crippen LogP contribution in [0.3, 0.4) is 0 Å². The summed E-state index contributed by atoms with van der Waals surface area (Å²) in [5, 5.41) is 5.35. The van der Waals surface area contributed by atoms with Crippen LogP contribution in [0.2, 0.25) is 5.02 Å². The van der Waals surface area contributed by atoms with E-state index in [4.69, 9.17) is 21.4 Å². The molecule has 2 heterocycles. The number of methoxy groups -OCH3 is 1. The van der Waals surface area contributed by atoms with E-state index in [1.165, 1.54) is 0 Å². The summed E-state index contributed by atoms with van der Waals surface area (Å²) in [4.78, 5) is 13.2. The molecule has 0 aliphatic rings. The number of benzene rings is 1. The molecule has 3 aromatic rings. The van der Waals surface area contributed by atoms with Crippen LogP contribution in [-0.2, 0) is 7.05 Å². The molecule has 0 saturated heterocycles. The van der Waals surface area contributed by atoms with Crippen LogP contribution in [0.15, 0.2) is 29.1 Å². The van der Waals surface area contributed by atoms with E-state index < -0.39 is 0 Å². The summed E-state index contributed by atoms with van der Waals surface area (Å²) < 4.78 is 8.80. The lowest BCUT2D eigenvalue weighted by Gasteiger charge is -2.14. The molecular weight excluding hydrogens is 350 g/mol. The molecule has 0 spiro atoms. The molecule has 0 fully saturated rings. The van der Waals surface area contributed by atoms with Gasteiger partial charge >= 0.3 is 0 Å². The fraction of sp³-hybridized carbons (Fsp3) is 0.400. The number of hydrogen-bond acceptors (Lipinski definition) is 3. The van der Waals surface area contributed by atoms with Crippen LogP contribution in [-0.4, -0.2) is 21.3 Å². The molecule has 26 heavy (non-hydrogen) atoms. The van der Waals surface area contributed by atoms with Gasteiger partial charge in [0, 0.05) is 17.8 Å². The van der Waals surface area contributed by atoms with Crippen LogP contribution in [0.5, 0.6) is 5.75 Å². The minimum atomic E-state index is -0.0537. The topological polar surface area (TPSA) is 48.5 Å². The van der Waals surface area contributed by atoms with Crippen LogP contribution in [0.25, 0.3) is 16.9 Å². The van der Waals surface area contributed by atoms with Crippen LogP contribution in [0.1, 0.15) is 43.9 Å². The van der Waals surface area contributed by atoms with Gasteiger partial charge in [-0.3, -0.25) is 9.36 Å². The van der Waals surface area contributed by atoms with E-state index in [2.05, 4.69) is 19.9 Å². The summed E-state index contributed by atoms with van der Waals surface area (Å²) >= 11 is 6.07. The monoisotopic (exact) mass is 373 g/mol. The van der Waals surface area contributed by atoms with E-state index in [0.29, 0.717) is 28.0 Å². The van der Waals surface area contributed by atoms with Crippen molar-refractivity contribution in [3.05, 3.63) is 50.9 Å². The number of rotatable bonds is 5. The van der Waals surface area contributed by atoms with Gasteiger partial charge in [-0.1, -0.05) is 25.4 Å². The Bertz CT molecular complexity index is 1020. The van der Waals surface area contributed by atoms with Gasteiger partial charge in [-0.2, -0.15) is 0 Å². The lowest BCUT2D eigenvalue weighted by atomic mass is 9.95. The fourth-order valence-electron chi connectivity index (χ4n) is 3.54. The summed E-state index contributed by atoms with van der Waals surface area (Å²) in [6.45, 7) is 6.28. The van der Waals surface area contributed by atoms with Crippen molar-refractivity contribution in [1.82, 2.24) is 14.2 Å². The highest BCUT2D eigenvalue weighted by molar-refractivity contribution is 6.30. The van der Waals surface area contributed by atoms with Crippen molar-refractivity contribution in [3.8, 4) is 17.1 Å². The predicted octanol–water partition coefficient (Wildman–Crippen LogP) is 4.57. The van der Waals surface area contributed by atoms with E-state index in [1.54, 1.807) is 35.4 Å². The predicted molar refractivity (Wildman–Crippen MR) is 105 cm³/mol. The lowest BCUT2D eigenvalue weighted by molar-refractivity contribution is 0.415. The van der Waals surface area contributed by atoms with Gasteiger partial charge in [0.15, 0.2) is 5.82 Å². The van der Waals surface area contributed by atoms with Crippen LogP contribution in [0.4, 0.5) is 0 Å². The molecule has 5 nitrogen and oxygen atoms in total. The zero-order chi connectivity index (χ0) is 19.0. The first-order valence-corrected chi connectivity index (χ1v) is 9.23. The van der Waals surface area contributed by atoms with Crippen molar-refractivity contribution < 1.29 is 4.74 Å². The molecule has 138 valence electrons. The SMILES string of the molecule is CCC(CC)c1cc(C)n2nc(-c3ccc(Cl)cc3OC)n(C)c(=O)c12. The van der Waals surface area contributed by atoms with Gasteiger partial charge in [0.05, 0.1) is 12.7 Å². The third kappa shape index (κ3) is 2.90. The molecule has 1 aromatic carbocycles. The Kier molecular flexibility index (Phi) is 5.10. The quantitative estimate of drug-likeness (QED) is 0.658. The highest BCUT2D eigenvalue weighted by atomic mass is 35.5. The van der Waals surface area contributed by atoms with Gasteiger partial charge in [0.25, 0.3) is 5.56 Å². The number of aryl methyl sites for hydroxylation is 1. The van der Waals surface area contributed by atoms with E-state index in [9.17, 15) is 4.79 Å². The summed E-state index contributed by atoms with van der Waals surface area (Å²) in [5.41, 5.74) is 3.37. The summed E-state index contributed by atoms with van der Waals surface area (Å²) in [5.74, 6) is 1.49. The second-order valence-electron chi connectivity index (χ2n) is 6.55. The average molecular weight is 374 g/mol. The maximum atomic E-state index is 13.2. The summed E-state index contributed by atoms with van der Waals surface area (Å²) in [6.07, 6.45) is 1.98. The third-order valence-electron chi connectivity index (χ3n) is 5.03. The third-order valence-corrected chi connectivity index (χ3v) is 5.27. The Labute approximate surface area is 158 Å². The van der Waals surface area contributed by atoms with E-state index in [0.717, 1.165) is 29.7 Å². The van der Waals surface area contributed by atoms with Crippen molar-refractivity contribution in [3.63, 3.8) is 0 Å². The number of ether oxygens (including phenoxy) is 1. The van der Waals surface area contributed by atoms with Gasteiger partial charge in [-0.05, 0) is 55.5 Å². The lowest BCUT2D eigenvalue weighted by Crippen LogP contribution is -2.24. The van der Waals surface area contributed by atoms with Gasteiger partial charge in [-0.25, -0.2) is 4.52 Å². The molecule has 0 aliphatic carbocycles. The Hall–Kier alpha value is -2.27.